The normalized spacial score (nSPS) is 21.6. The van der Waals surface area contributed by atoms with Crippen LogP contribution in [-0.2, 0) is 0 Å². The molecule has 2 aromatic rings. The molecule has 0 saturated heterocycles. The topological polar surface area (TPSA) is 48.1 Å². The van der Waals surface area contributed by atoms with Gasteiger partial charge in [0.15, 0.2) is 0 Å². The van der Waals surface area contributed by atoms with Gasteiger partial charge >= 0.3 is 0 Å². The fourth-order valence-electron chi connectivity index (χ4n) is 2.28. The van der Waals surface area contributed by atoms with Crippen molar-refractivity contribution in [2.24, 2.45) is 5.73 Å². The number of hydrogen-bond donors (Lipinski definition) is 1. The fraction of sp³-hybridized carbons (Fsp3) is 0.214. The Bertz CT molecular complexity index is 618. The molecule has 19 heavy (non-hydrogen) atoms. The summed E-state index contributed by atoms with van der Waals surface area (Å²) < 4.78 is 7.99. The number of pyridine rings is 1. The Morgan fingerprint density at radius 2 is 2.00 bits per heavy atom. The molecule has 2 heterocycles. The quantitative estimate of drug-likeness (QED) is 0.805. The van der Waals surface area contributed by atoms with E-state index in [0.717, 1.165) is 32.2 Å². The predicted molar refractivity (Wildman–Crippen MR) is 81.0 cm³/mol. The Balaban J connectivity index is 1.96. The minimum Gasteiger partial charge on any atom is -0.485 e. The molecule has 0 spiro atoms. The number of aromatic nitrogens is 1. The Morgan fingerprint density at radius 3 is 2.79 bits per heavy atom. The number of fused-ring (bicyclic) bond motifs is 1. The lowest BCUT2D eigenvalue weighted by Gasteiger charge is -2.30. The number of rotatable bonds is 1. The van der Waals surface area contributed by atoms with Gasteiger partial charge in [-0.3, -0.25) is 4.98 Å². The van der Waals surface area contributed by atoms with Gasteiger partial charge in [0.2, 0.25) is 0 Å². The molecule has 1 aliphatic heterocycles. The molecule has 0 fully saturated rings. The summed E-state index contributed by atoms with van der Waals surface area (Å²) in [6.07, 6.45) is 4.29. The van der Waals surface area contributed by atoms with E-state index in [1.807, 2.05) is 30.5 Å². The van der Waals surface area contributed by atoms with Crippen LogP contribution >= 0.6 is 31.9 Å². The lowest BCUT2D eigenvalue weighted by Crippen LogP contribution is -2.24. The molecule has 0 bridgehead atoms. The molecule has 3 nitrogen and oxygen atoms in total. The molecule has 0 radical (unpaired) electrons. The van der Waals surface area contributed by atoms with Crippen LogP contribution in [0.25, 0.3) is 0 Å². The SMILES string of the molecule is N[C@@H]1CC(c2cncc(Br)c2)Oc2cc(Br)ccc21. The van der Waals surface area contributed by atoms with Crippen LogP contribution in [0, 0.1) is 0 Å². The summed E-state index contributed by atoms with van der Waals surface area (Å²) in [6, 6.07) is 7.98. The Hall–Kier alpha value is -0.910. The van der Waals surface area contributed by atoms with Crippen LogP contribution in [0.3, 0.4) is 0 Å². The average molecular weight is 384 g/mol. The van der Waals surface area contributed by atoms with Crippen molar-refractivity contribution in [3.05, 3.63) is 56.7 Å². The summed E-state index contributed by atoms with van der Waals surface area (Å²) in [6.45, 7) is 0. The summed E-state index contributed by atoms with van der Waals surface area (Å²) in [5, 5.41) is 0. The predicted octanol–water partition coefficient (Wildman–Crippen LogP) is 4.13. The van der Waals surface area contributed by atoms with Crippen molar-refractivity contribution in [3.63, 3.8) is 0 Å². The van der Waals surface area contributed by atoms with Crippen molar-refractivity contribution in [2.45, 2.75) is 18.6 Å². The second-order valence-electron chi connectivity index (χ2n) is 4.57. The summed E-state index contributed by atoms with van der Waals surface area (Å²) in [5.41, 5.74) is 8.33. The molecule has 1 aromatic heterocycles. The van der Waals surface area contributed by atoms with Crippen molar-refractivity contribution in [1.82, 2.24) is 4.98 Å². The molecule has 0 aliphatic carbocycles. The van der Waals surface area contributed by atoms with Crippen LogP contribution in [0.5, 0.6) is 5.75 Å². The van der Waals surface area contributed by atoms with E-state index >= 15 is 0 Å². The van der Waals surface area contributed by atoms with Crippen molar-refractivity contribution in [1.29, 1.82) is 0 Å². The zero-order chi connectivity index (χ0) is 13.4. The highest BCUT2D eigenvalue weighted by atomic mass is 79.9. The van der Waals surface area contributed by atoms with Crippen molar-refractivity contribution in [2.75, 3.05) is 0 Å². The molecular weight excluding hydrogens is 372 g/mol. The number of hydrogen-bond acceptors (Lipinski definition) is 3. The van der Waals surface area contributed by atoms with E-state index in [9.17, 15) is 0 Å². The van der Waals surface area contributed by atoms with E-state index in [4.69, 9.17) is 10.5 Å². The summed E-state index contributed by atoms with van der Waals surface area (Å²) in [7, 11) is 0. The molecule has 5 heteroatoms. The first-order chi connectivity index (χ1) is 9.13. The first kappa shape index (κ1) is 13.1. The second kappa shape index (κ2) is 5.23. The summed E-state index contributed by atoms with van der Waals surface area (Å²) >= 11 is 6.89. The van der Waals surface area contributed by atoms with Gasteiger partial charge in [-0.2, -0.15) is 0 Å². The Kier molecular flexibility index (Phi) is 3.60. The second-order valence-corrected chi connectivity index (χ2v) is 6.40. The maximum Gasteiger partial charge on any atom is 0.127 e. The van der Waals surface area contributed by atoms with Gasteiger partial charge in [0, 0.05) is 44.9 Å². The third-order valence-corrected chi connectivity index (χ3v) is 4.14. The van der Waals surface area contributed by atoms with Gasteiger partial charge in [0.05, 0.1) is 0 Å². The van der Waals surface area contributed by atoms with E-state index in [1.54, 1.807) is 6.20 Å². The lowest BCUT2D eigenvalue weighted by molar-refractivity contribution is 0.161. The van der Waals surface area contributed by atoms with Crippen LogP contribution in [-0.4, -0.2) is 4.98 Å². The average Bonchev–Trinajstić information content (AvgIpc) is 2.38. The zero-order valence-electron chi connectivity index (χ0n) is 10.0. The number of nitrogens with two attached hydrogens (primary N) is 1. The summed E-state index contributed by atoms with van der Waals surface area (Å²) in [4.78, 5) is 4.18. The molecule has 98 valence electrons. The lowest BCUT2D eigenvalue weighted by atomic mass is 9.94. The van der Waals surface area contributed by atoms with E-state index in [-0.39, 0.29) is 12.1 Å². The van der Waals surface area contributed by atoms with E-state index < -0.39 is 0 Å². The van der Waals surface area contributed by atoms with Gasteiger partial charge in [-0.25, -0.2) is 0 Å². The highest BCUT2D eigenvalue weighted by Gasteiger charge is 2.27. The molecule has 2 N–H and O–H groups in total. The number of nitrogens with zero attached hydrogens (tertiary/aromatic N) is 1. The Morgan fingerprint density at radius 1 is 1.16 bits per heavy atom. The Labute approximate surface area is 128 Å². The van der Waals surface area contributed by atoms with Gasteiger partial charge in [0.1, 0.15) is 11.9 Å². The maximum absolute atomic E-state index is 6.23. The van der Waals surface area contributed by atoms with E-state index in [0.29, 0.717) is 0 Å². The molecule has 1 aromatic carbocycles. The number of benzene rings is 1. The molecule has 0 saturated carbocycles. The first-order valence-corrected chi connectivity index (χ1v) is 7.54. The minimum absolute atomic E-state index is 0.0131. The number of ether oxygens (including phenoxy) is 1. The highest BCUT2D eigenvalue weighted by molar-refractivity contribution is 9.10. The number of halogens is 2. The van der Waals surface area contributed by atoms with Gasteiger partial charge in [-0.15, -0.1) is 0 Å². The third-order valence-electron chi connectivity index (χ3n) is 3.21. The van der Waals surface area contributed by atoms with E-state index in [1.165, 1.54) is 0 Å². The van der Waals surface area contributed by atoms with Crippen LogP contribution in [0.2, 0.25) is 0 Å². The molecule has 1 unspecified atom stereocenters. The fourth-order valence-corrected chi connectivity index (χ4v) is 3.01. The van der Waals surface area contributed by atoms with Gasteiger partial charge < -0.3 is 10.5 Å². The van der Waals surface area contributed by atoms with Crippen LogP contribution in [0.1, 0.15) is 29.7 Å². The monoisotopic (exact) mass is 382 g/mol. The van der Waals surface area contributed by atoms with Crippen molar-refractivity contribution >= 4 is 31.9 Å². The minimum atomic E-state index is -0.0539. The zero-order valence-corrected chi connectivity index (χ0v) is 13.2. The van der Waals surface area contributed by atoms with Crippen molar-refractivity contribution in [3.8, 4) is 5.75 Å². The van der Waals surface area contributed by atoms with Crippen LogP contribution in [0.15, 0.2) is 45.6 Å². The molecule has 2 atom stereocenters. The van der Waals surface area contributed by atoms with Gasteiger partial charge in [-0.1, -0.05) is 22.0 Å². The first-order valence-electron chi connectivity index (χ1n) is 5.95. The van der Waals surface area contributed by atoms with Crippen LogP contribution < -0.4 is 10.5 Å². The standard InChI is InChI=1S/C14H12Br2N2O/c15-9-1-2-11-12(17)5-13(19-14(11)4-9)8-3-10(16)7-18-6-8/h1-4,6-7,12-13H,5,17H2/t12-,13?/m1/s1. The third kappa shape index (κ3) is 2.68. The van der Waals surface area contributed by atoms with Crippen LogP contribution in [0.4, 0.5) is 0 Å². The molecule has 0 amide bonds. The maximum atomic E-state index is 6.23. The highest BCUT2D eigenvalue weighted by Crippen LogP contribution is 2.40. The van der Waals surface area contributed by atoms with E-state index in [2.05, 4.69) is 36.8 Å². The van der Waals surface area contributed by atoms with Gasteiger partial charge in [-0.05, 0) is 34.1 Å². The smallest absolute Gasteiger partial charge is 0.127 e. The molecular formula is C14H12Br2N2O. The van der Waals surface area contributed by atoms with Crippen molar-refractivity contribution < 1.29 is 4.74 Å². The summed E-state index contributed by atoms with van der Waals surface area (Å²) in [5.74, 6) is 0.845. The van der Waals surface area contributed by atoms with Gasteiger partial charge in [0.25, 0.3) is 0 Å². The molecule has 1 aliphatic rings. The molecule has 3 rings (SSSR count). The largest absolute Gasteiger partial charge is 0.485 e.